The van der Waals surface area contributed by atoms with Crippen molar-refractivity contribution in [3.63, 3.8) is 0 Å². The van der Waals surface area contributed by atoms with Crippen molar-refractivity contribution in [2.24, 2.45) is 5.92 Å². The van der Waals surface area contributed by atoms with Gasteiger partial charge in [-0.05, 0) is 64.5 Å². The second-order valence-electron chi connectivity index (χ2n) is 11.5. The Kier molecular flexibility index (Phi) is 6.13. The summed E-state index contributed by atoms with van der Waals surface area (Å²) < 4.78 is 8.30. The number of carbonyl (C=O) groups excluding carboxylic acids is 1. The third-order valence-corrected chi connectivity index (χ3v) is 8.71. The van der Waals surface area contributed by atoms with Gasteiger partial charge in [-0.2, -0.15) is 5.10 Å². The fraction of sp³-hybridized carbons (Fsp3) is 0.448. The first-order valence-electron chi connectivity index (χ1n) is 13.3. The van der Waals surface area contributed by atoms with E-state index in [0.29, 0.717) is 28.5 Å². The molecule has 38 heavy (non-hydrogen) atoms. The van der Waals surface area contributed by atoms with Crippen LogP contribution in [-0.4, -0.2) is 42.4 Å². The number of hydrogen-bond acceptors (Lipinski definition) is 6. The molecule has 8 nitrogen and oxygen atoms in total. The number of nitrogens with zero attached hydrogens (tertiary/aromatic N) is 4. The summed E-state index contributed by atoms with van der Waals surface area (Å²) in [5.74, 6) is 0.952. The molecule has 1 saturated carbocycles. The number of rotatable bonds is 4. The fourth-order valence-corrected chi connectivity index (χ4v) is 7.02. The van der Waals surface area contributed by atoms with Crippen LogP contribution < -0.4 is 5.56 Å². The summed E-state index contributed by atoms with van der Waals surface area (Å²) in [6, 6.07) is 12.0. The van der Waals surface area contributed by atoms with Gasteiger partial charge in [0, 0.05) is 22.7 Å². The zero-order valence-electron chi connectivity index (χ0n) is 22.2. The number of ether oxygens (including phenoxy) is 1. The smallest absolute Gasteiger partial charge is 0.411 e. The number of likely N-dealkylation sites (tertiary alicyclic amines) is 1. The second kappa shape index (κ2) is 9.38. The Labute approximate surface area is 225 Å². The molecule has 2 aliphatic rings. The first-order chi connectivity index (χ1) is 18.2. The summed E-state index contributed by atoms with van der Waals surface area (Å²) >= 11 is 1.43. The zero-order chi connectivity index (χ0) is 26.6. The molecule has 0 radical (unpaired) electrons. The Hall–Kier alpha value is -3.46. The number of carbonyl (C=O) groups is 1. The van der Waals surface area contributed by atoms with E-state index in [1.807, 2.05) is 67.7 Å². The molecule has 6 rings (SSSR count). The van der Waals surface area contributed by atoms with Crippen molar-refractivity contribution < 1.29 is 9.53 Å². The molecular weight excluding hydrogens is 498 g/mol. The van der Waals surface area contributed by atoms with Crippen molar-refractivity contribution >= 4 is 27.6 Å². The molecule has 198 valence electrons. The highest BCUT2D eigenvalue weighted by Gasteiger charge is 2.48. The van der Waals surface area contributed by atoms with Crippen LogP contribution in [0.5, 0.6) is 0 Å². The van der Waals surface area contributed by atoms with E-state index in [1.165, 1.54) is 16.9 Å². The molecule has 9 heteroatoms. The third kappa shape index (κ3) is 4.64. The van der Waals surface area contributed by atoms with Gasteiger partial charge in [-0.25, -0.2) is 9.78 Å². The summed E-state index contributed by atoms with van der Waals surface area (Å²) in [5, 5.41) is 4.71. The monoisotopic (exact) mass is 531 g/mol. The van der Waals surface area contributed by atoms with Crippen molar-refractivity contribution in [2.45, 2.75) is 77.6 Å². The van der Waals surface area contributed by atoms with Crippen molar-refractivity contribution in [1.29, 1.82) is 0 Å². The number of benzene rings is 1. The maximum atomic E-state index is 13.3. The zero-order valence-corrected chi connectivity index (χ0v) is 23.0. The van der Waals surface area contributed by atoms with E-state index in [2.05, 4.69) is 17.1 Å². The lowest BCUT2D eigenvalue weighted by Crippen LogP contribution is -2.42. The number of aromatic amines is 1. The summed E-state index contributed by atoms with van der Waals surface area (Å²) in [7, 11) is 0. The Morgan fingerprint density at radius 3 is 2.76 bits per heavy atom. The molecule has 1 aliphatic heterocycles. The third-order valence-electron chi connectivity index (χ3n) is 7.56. The van der Waals surface area contributed by atoms with Gasteiger partial charge >= 0.3 is 6.09 Å². The Morgan fingerprint density at radius 2 is 2.00 bits per heavy atom. The fourth-order valence-electron chi connectivity index (χ4n) is 5.97. The highest BCUT2D eigenvalue weighted by molar-refractivity contribution is 7.22. The first-order valence-corrected chi connectivity index (χ1v) is 14.1. The molecule has 1 aliphatic carbocycles. The second-order valence-corrected chi connectivity index (χ2v) is 12.5. The minimum Gasteiger partial charge on any atom is -0.444 e. The first kappa shape index (κ1) is 24.9. The van der Waals surface area contributed by atoms with Crippen molar-refractivity contribution in [3.8, 4) is 10.4 Å². The van der Waals surface area contributed by atoms with Gasteiger partial charge in [0.25, 0.3) is 5.56 Å². The number of aryl methyl sites for hydroxylation is 1. The van der Waals surface area contributed by atoms with E-state index in [1.54, 1.807) is 0 Å². The highest BCUT2D eigenvalue weighted by atomic mass is 32.1. The number of nitrogens with one attached hydrogen (secondary N) is 1. The average Bonchev–Trinajstić information content (AvgIpc) is 3.61. The lowest BCUT2D eigenvalue weighted by molar-refractivity contribution is 0.0129. The number of H-pyrrole nitrogens is 1. The molecule has 1 N–H and O–H groups in total. The maximum absolute atomic E-state index is 13.3. The predicted molar refractivity (Wildman–Crippen MR) is 148 cm³/mol. The van der Waals surface area contributed by atoms with Gasteiger partial charge in [-0.15, -0.1) is 11.3 Å². The number of aromatic nitrogens is 4. The Bertz CT molecular complexity index is 1550. The van der Waals surface area contributed by atoms with Crippen LogP contribution in [0, 0.1) is 12.8 Å². The molecule has 4 aromatic rings. The van der Waals surface area contributed by atoms with E-state index in [-0.39, 0.29) is 23.7 Å². The molecule has 1 unspecified atom stereocenters. The topological polar surface area (TPSA) is 93.1 Å². The van der Waals surface area contributed by atoms with Crippen molar-refractivity contribution in [1.82, 2.24) is 24.6 Å². The molecule has 2 fully saturated rings. The largest absolute Gasteiger partial charge is 0.444 e. The Balaban J connectivity index is 1.33. The van der Waals surface area contributed by atoms with E-state index >= 15 is 0 Å². The predicted octanol–water partition coefficient (Wildman–Crippen LogP) is 6.06. The number of hydrogen-bond donors (Lipinski definition) is 1. The van der Waals surface area contributed by atoms with Crippen LogP contribution in [0.4, 0.5) is 4.79 Å². The number of fused-ring (bicyclic) bond motifs is 2. The molecule has 0 bridgehead atoms. The number of thiophene rings is 1. The summed E-state index contributed by atoms with van der Waals surface area (Å²) in [6.07, 6.45) is 5.65. The van der Waals surface area contributed by atoms with Crippen LogP contribution in [-0.2, 0) is 11.3 Å². The van der Waals surface area contributed by atoms with Crippen LogP contribution in [0.25, 0.3) is 20.7 Å². The van der Waals surface area contributed by atoms with Gasteiger partial charge in [0.1, 0.15) is 16.1 Å². The molecule has 1 aromatic carbocycles. The normalized spacial score (nSPS) is 21.3. The van der Waals surface area contributed by atoms with Crippen LogP contribution in [0.1, 0.15) is 69.6 Å². The van der Waals surface area contributed by atoms with E-state index in [9.17, 15) is 9.59 Å². The van der Waals surface area contributed by atoms with Gasteiger partial charge in [-0.3, -0.25) is 14.4 Å². The van der Waals surface area contributed by atoms with Gasteiger partial charge in [0.15, 0.2) is 0 Å². The molecule has 0 spiro atoms. The lowest BCUT2D eigenvalue weighted by atomic mass is 10.0. The molecule has 1 saturated heterocycles. The highest BCUT2D eigenvalue weighted by Crippen LogP contribution is 2.47. The quantitative estimate of drug-likeness (QED) is 0.346. The van der Waals surface area contributed by atoms with E-state index in [0.717, 1.165) is 41.8 Å². The number of amides is 1. The molecule has 4 heterocycles. The lowest BCUT2D eigenvalue weighted by Gasteiger charge is -2.31. The van der Waals surface area contributed by atoms with E-state index in [4.69, 9.17) is 14.8 Å². The van der Waals surface area contributed by atoms with Crippen LogP contribution >= 0.6 is 11.3 Å². The Morgan fingerprint density at radius 1 is 1.21 bits per heavy atom. The molecule has 3 atom stereocenters. The van der Waals surface area contributed by atoms with Gasteiger partial charge < -0.3 is 9.72 Å². The van der Waals surface area contributed by atoms with E-state index < -0.39 is 5.60 Å². The van der Waals surface area contributed by atoms with Crippen molar-refractivity contribution in [3.05, 3.63) is 70.0 Å². The van der Waals surface area contributed by atoms with Crippen LogP contribution in [0.15, 0.2) is 47.4 Å². The molecule has 1 amide bonds. The minimum atomic E-state index is -0.589. The minimum absolute atomic E-state index is 0.131. The average molecular weight is 532 g/mol. The van der Waals surface area contributed by atoms with Gasteiger partial charge in [-0.1, -0.05) is 36.8 Å². The molecule has 3 aromatic heterocycles. The van der Waals surface area contributed by atoms with Crippen LogP contribution in [0.3, 0.4) is 0 Å². The SMILES string of the molecule is Cc1nn(Cc2ccccc2)cc1-c1cc2nc(C3C[C@@H]4CCC[C@@H]4N3C(=O)OC(C)(C)C)[nH]c(=O)c2s1. The maximum Gasteiger partial charge on any atom is 0.411 e. The standard InChI is InChI=1S/C29H33N5O3S/c1-17-20(16-33(32-17)15-18-9-6-5-7-10-18)24-14-21-25(38-24)27(35)31-26(30-21)23-13-19-11-8-12-22(19)34(23)28(36)37-29(2,3)4/h5-7,9-10,14,16,19,22-23H,8,11-13,15H2,1-4H3,(H,30,31,35)/t19-,22-,23?/m0/s1. The van der Waals surface area contributed by atoms with Gasteiger partial charge in [0.2, 0.25) is 0 Å². The van der Waals surface area contributed by atoms with Crippen LogP contribution in [0.2, 0.25) is 0 Å². The summed E-state index contributed by atoms with van der Waals surface area (Å²) in [6.45, 7) is 8.31. The van der Waals surface area contributed by atoms with Crippen molar-refractivity contribution in [2.75, 3.05) is 0 Å². The van der Waals surface area contributed by atoms with Gasteiger partial charge in [0.05, 0.1) is 23.8 Å². The molecular formula is C29H33N5O3S. The summed E-state index contributed by atoms with van der Waals surface area (Å²) in [4.78, 5) is 37.2. The summed E-state index contributed by atoms with van der Waals surface area (Å²) in [5.41, 5.74) is 2.97.